The molecule has 132 valence electrons. The van der Waals surface area contributed by atoms with Gasteiger partial charge in [0.25, 0.3) is 6.43 Å². The number of alkyl halides is 2. The summed E-state index contributed by atoms with van der Waals surface area (Å²) in [7, 11) is 0. The van der Waals surface area contributed by atoms with Crippen LogP contribution in [-0.4, -0.2) is 31.5 Å². The van der Waals surface area contributed by atoms with E-state index in [0.717, 1.165) is 0 Å². The molecule has 0 aromatic carbocycles. The summed E-state index contributed by atoms with van der Waals surface area (Å²) in [5, 5.41) is 10.9. The Morgan fingerprint density at radius 3 is 2.58 bits per heavy atom. The van der Waals surface area contributed by atoms with Crippen molar-refractivity contribution in [2.75, 3.05) is 0 Å². The van der Waals surface area contributed by atoms with Gasteiger partial charge in [-0.25, -0.2) is 8.78 Å². The van der Waals surface area contributed by atoms with Crippen molar-refractivity contribution in [3.63, 3.8) is 0 Å². The van der Waals surface area contributed by atoms with Crippen LogP contribution in [0, 0.1) is 12.3 Å². The maximum absolute atomic E-state index is 12.7. The summed E-state index contributed by atoms with van der Waals surface area (Å²) in [6.07, 6.45) is 0.868. The van der Waals surface area contributed by atoms with Crippen LogP contribution in [0.4, 0.5) is 8.78 Å². The van der Waals surface area contributed by atoms with E-state index in [4.69, 9.17) is 0 Å². The van der Waals surface area contributed by atoms with E-state index < -0.39 is 6.43 Å². The molecule has 2 aromatic heterocycles. The minimum atomic E-state index is -2.64. The number of halogens is 2. The lowest BCUT2D eigenvalue weighted by atomic mass is 9.86. The second-order valence-electron chi connectivity index (χ2n) is 6.88. The zero-order valence-electron chi connectivity index (χ0n) is 14.3. The molecule has 1 atom stereocenters. The smallest absolute Gasteiger partial charge is 0.282 e. The molecule has 2 rings (SSSR count). The molecule has 2 aromatic rings. The fourth-order valence-corrected chi connectivity index (χ4v) is 2.31. The molecule has 0 spiro atoms. The third-order valence-electron chi connectivity index (χ3n) is 3.83. The number of nitrogens with zero attached hydrogens (tertiary/aromatic N) is 4. The normalized spacial score (nSPS) is 13.3. The Labute approximate surface area is 139 Å². The minimum absolute atomic E-state index is 0.0930. The molecule has 0 aliphatic carbocycles. The van der Waals surface area contributed by atoms with Crippen molar-refractivity contribution in [2.45, 2.75) is 53.3 Å². The van der Waals surface area contributed by atoms with E-state index in [1.165, 1.54) is 10.7 Å². The van der Waals surface area contributed by atoms with Gasteiger partial charge in [0, 0.05) is 18.1 Å². The Morgan fingerprint density at radius 1 is 1.38 bits per heavy atom. The summed E-state index contributed by atoms with van der Waals surface area (Å²) >= 11 is 0. The first-order chi connectivity index (χ1) is 11.2. The lowest BCUT2D eigenvalue weighted by Gasteiger charge is -2.31. The topological polar surface area (TPSA) is 64.7 Å². The van der Waals surface area contributed by atoms with Gasteiger partial charge in [-0.3, -0.25) is 14.2 Å². The van der Waals surface area contributed by atoms with E-state index in [1.54, 1.807) is 17.8 Å². The summed E-state index contributed by atoms with van der Waals surface area (Å²) in [5.41, 5.74) is 0.0265. The third kappa shape index (κ3) is 4.62. The van der Waals surface area contributed by atoms with Crippen LogP contribution in [0.5, 0.6) is 0 Å². The van der Waals surface area contributed by atoms with Gasteiger partial charge in [-0.2, -0.15) is 10.2 Å². The highest BCUT2D eigenvalue weighted by Crippen LogP contribution is 2.21. The van der Waals surface area contributed by atoms with Gasteiger partial charge in [0.1, 0.15) is 12.2 Å². The number of carbonyl (C=O) groups is 1. The first-order valence-corrected chi connectivity index (χ1v) is 7.76. The van der Waals surface area contributed by atoms with Crippen LogP contribution in [0.1, 0.15) is 38.6 Å². The molecule has 2 heterocycles. The van der Waals surface area contributed by atoms with Gasteiger partial charge in [0.15, 0.2) is 0 Å². The van der Waals surface area contributed by atoms with Gasteiger partial charge in [0.05, 0.1) is 12.6 Å². The van der Waals surface area contributed by atoms with E-state index in [2.05, 4.69) is 15.5 Å². The number of carbonyl (C=O) groups excluding carboxylic acids is 1. The summed E-state index contributed by atoms with van der Waals surface area (Å²) in [6, 6.07) is 2.96. The van der Waals surface area contributed by atoms with E-state index in [0.29, 0.717) is 12.2 Å². The molecule has 0 aliphatic rings. The highest BCUT2D eigenvalue weighted by molar-refractivity contribution is 5.76. The number of aromatic nitrogens is 4. The number of aryl methyl sites for hydroxylation is 1. The van der Waals surface area contributed by atoms with Gasteiger partial charge in [-0.15, -0.1) is 0 Å². The van der Waals surface area contributed by atoms with Crippen LogP contribution in [-0.2, 0) is 17.9 Å². The first-order valence-electron chi connectivity index (χ1n) is 7.76. The van der Waals surface area contributed by atoms with Crippen LogP contribution in [0.15, 0.2) is 24.5 Å². The van der Waals surface area contributed by atoms with Gasteiger partial charge < -0.3 is 5.32 Å². The molecular formula is C16H23F2N5O. The van der Waals surface area contributed by atoms with Gasteiger partial charge >= 0.3 is 0 Å². The Kier molecular flexibility index (Phi) is 5.36. The first kappa shape index (κ1) is 18.1. The predicted molar refractivity (Wildman–Crippen MR) is 85.5 cm³/mol. The van der Waals surface area contributed by atoms with Crippen molar-refractivity contribution in [3.05, 3.63) is 35.9 Å². The monoisotopic (exact) mass is 339 g/mol. The van der Waals surface area contributed by atoms with Crippen molar-refractivity contribution >= 4 is 5.91 Å². The molecule has 1 amide bonds. The van der Waals surface area contributed by atoms with Crippen LogP contribution >= 0.6 is 0 Å². The highest BCUT2D eigenvalue weighted by atomic mass is 19.3. The summed E-state index contributed by atoms with van der Waals surface area (Å²) in [4.78, 5) is 12.3. The molecule has 0 radical (unpaired) electrons. The Balaban J connectivity index is 2.05. The van der Waals surface area contributed by atoms with E-state index >= 15 is 0 Å². The molecule has 0 fully saturated rings. The Morgan fingerprint density at radius 2 is 2.08 bits per heavy atom. The lowest BCUT2D eigenvalue weighted by molar-refractivity contribution is -0.123. The lowest BCUT2D eigenvalue weighted by Crippen LogP contribution is -2.47. The summed E-state index contributed by atoms with van der Waals surface area (Å²) < 4.78 is 28.4. The van der Waals surface area contributed by atoms with Gasteiger partial charge in [-0.05, 0) is 24.5 Å². The number of hydrogen-bond acceptors (Lipinski definition) is 3. The highest BCUT2D eigenvalue weighted by Gasteiger charge is 2.27. The second-order valence-corrected chi connectivity index (χ2v) is 6.88. The molecule has 0 saturated heterocycles. The molecule has 0 bridgehead atoms. The molecular weight excluding hydrogens is 316 g/mol. The number of hydrogen-bond donors (Lipinski definition) is 1. The fraction of sp³-hybridized carbons (Fsp3) is 0.562. The fourth-order valence-electron chi connectivity index (χ4n) is 2.31. The average Bonchev–Trinajstić information content (AvgIpc) is 3.08. The van der Waals surface area contributed by atoms with Crippen molar-refractivity contribution in [1.82, 2.24) is 24.9 Å². The zero-order chi connectivity index (χ0) is 17.9. The van der Waals surface area contributed by atoms with Crippen molar-refractivity contribution < 1.29 is 13.6 Å². The average molecular weight is 339 g/mol. The SMILES string of the molecule is Cc1cc(C(F)F)nn1CC(=O)NC(Cn1cccn1)C(C)(C)C. The molecule has 0 saturated carbocycles. The summed E-state index contributed by atoms with van der Waals surface area (Å²) in [6.45, 7) is 8.16. The van der Waals surface area contributed by atoms with Crippen molar-refractivity contribution in [1.29, 1.82) is 0 Å². The molecule has 24 heavy (non-hydrogen) atoms. The van der Waals surface area contributed by atoms with Crippen LogP contribution < -0.4 is 5.32 Å². The van der Waals surface area contributed by atoms with Crippen LogP contribution in [0.3, 0.4) is 0 Å². The molecule has 1 N–H and O–H groups in total. The molecule has 1 unspecified atom stereocenters. The number of nitrogens with one attached hydrogen (secondary N) is 1. The maximum atomic E-state index is 12.7. The van der Waals surface area contributed by atoms with Gasteiger partial charge in [-0.1, -0.05) is 20.8 Å². The van der Waals surface area contributed by atoms with E-state index in [9.17, 15) is 13.6 Å². The molecule has 6 nitrogen and oxygen atoms in total. The molecule has 8 heteroatoms. The third-order valence-corrected chi connectivity index (χ3v) is 3.83. The zero-order valence-corrected chi connectivity index (χ0v) is 14.3. The standard InChI is InChI=1S/C16H23F2N5O/c1-11-8-12(15(17)18)21-23(11)10-14(24)20-13(16(2,3)4)9-22-7-5-6-19-22/h5-8,13,15H,9-10H2,1-4H3,(H,20,24). The number of rotatable bonds is 6. The van der Waals surface area contributed by atoms with Crippen molar-refractivity contribution in [2.24, 2.45) is 5.41 Å². The Hall–Kier alpha value is -2.25. The minimum Gasteiger partial charge on any atom is -0.349 e. The predicted octanol–water partition coefficient (Wildman–Crippen LogP) is 2.56. The van der Waals surface area contributed by atoms with Crippen LogP contribution in [0.2, 0.25) is 0 Å². The van der Waals surface area contributed by atoms with E-state index in [-0.39, 0.29) is 29.6 Å². The Bertz CT molecular complexity index is 673. The maximum Gasteiger partial charge on any atom is 0.282 e. The van der Waals surface area contributed by atoms with E-state index in [1.807, 2.05) is 33.0 Å². The number of amides is 1. The molecule has 0 aliphatic heterocycles. The van der Waals surface area contributed by atoms with Gasteiger partial charge in [0.2, 0.25) is 5.91 Å². The summed E-state index contributed by atoms with van der Waals surface area (Å²) in [5.74, 6) is -0.269. The second kappa shape index (κ2) is 7.11. The van der Waals surface area contributed by atoms with Crippen molar-refractivity contribution in [3.8, 4) is 0 Å². The van der Waals surface area contributed by atoms with Crippen LogP contribution in [0.25, 0.3) is 0 Å². The largest absolute Gasteiger partial charge is 0.349 e. The quantitative estimate of drug-likeness (QED) is 0.880.